The number of anilines is 1. The zero-order chi connectivity index (χ0) is 16.7. The lowest BCUT2D eigenvalue weighted by Gasteiger charge is -2.10. The molecule has 0 aromatic heterocycles. The molecule has 118 valence electrons. The average Bonchev–Trinajstić information content (AvgIpc) is 2.55. The minimum atomic E-state index is -0.349. The van der Waals surface area contributed by atoms with E-state index in [2.05, 4.69) is 11.9 Å². The van der Waals surface area contributed by atoms with Crippen molar-refractivity contribution in [1.29, 1.82) is 0 Å². The standard InChI is InChI=1S/C19H20N2O2/c1-2-6-15-8-3-4-10-17(15)21-19(23)16-9-5-7-14(13-16)11-12-18(20)22/h2-5,7-10,13H,1,6,11-12H2,(H2,20,22)(H,21,23). The van der Waals surface area contributed by atoms with Gasteiger partial charge in [-0.3, -0.25) is 9.59 Å². The van der Waals surface area contributed by atoms with Gasteiger partial charge in [0.2, 0.25) is 5.91 Å². The normalized spacial score (nSPS) is 10.1. The summed E-state index contributed by atoms with van der Waals surface area (Å²) in [4.78, 5) is 23.3. The number of carbonyl (C=O) groups is 2. The number of allylic oxidation sites excluding steroid dienone is 1. The van der Waals surface area contributed by atoms with Crippen molar-refractivity contribution >= 4 is 17.5 Å². The number of benzene rings is 2. The molecular formula is C19H20N2O2. The Morgan fingerprint density at radius 1 is 1.13 bits per heavy atom. The van der Waals surface area contributed by atoms with Crippen LogP contribution in [-0.2, 0) is 17.6 Å². The van der Waals surface area contributed by atoms with Crippen LogP contribution >= 0.6 is 0 Å². The van der Waals surface area contributed by atoms with Gasteiger partial charge >= 0.3 is 0 Å². The number of primary amides is 1. The third kappa shape index (κ3) is 4.81. The highest BCUT2D eigenvalue weighted by molar-refractivity contribution is 6.04. The van der Waals surface area contributed by atoms with Crippen LogP contribution in [-0.4, -0.2) is 11.8 Å². The van der Waals surface area contributed by atoms with E-state index in [0.717, 1.165) is 16.8 Å². The lowest BCUT2D eigenvalue weighted by atomic mass is 10.1. The molecule has 2 amide bonds. The molecule has 0 spiro atoms. The van der Waals surface area contributed by atoms with Crippen LogP contribution in [0.25, 0.3) is 0 Å². The lowest BCUT2D eigenvalue weighted by molar-refractivity contribution is -0.117. The highest BCUT2D eigenvalue weighted by Crippen LogP contribution is 2.17. The third-order valence-electron chi connectivity index (χ3n) is 3.48. The van der Waals surface area contributed by atoms with Gasteiger partial charge in [-0.2, -0.15) is 0 Å². The van der Waals surface area contributed by atoms with Crippen molar-refractivity contribution in [2.75, 3.05) is 5.32 Å². The summed E-state index contributed by atoms with van der Waals surface area (Å²) in [6.07, 6.45) is 3.29. The van der Waals surface area contributed by atoms with E-state index in [-0.39, 0.29) is 18.2 Å². The summed E-state index contributed by atoms with van der Waals surface area (Å²) in [6, 6.07) is 14.9. The third-order valence-corrected chi connectivity index (χ3v) is 3.48. The molecule has 0 saturated heterocycles. The maximum Gasteiger partial charge on any atom is 0.255 e. The number of amides is 2. The second kappa shape index (κ2) is 7.94. The van der Waals surface area contributed by atoms with Crippen LogP contribution in [0, 0.1) is 0 Å². The summed E-state index contributed by atoms with van der Waals surface area (Å²) in [5, 5.41) is 2.93. The molecule has 0 heterocycles. The maximum atomic E-state index is 12.4. The van der Waals surface area contributed by atoms with Gasteiger partial charge in [-0.1, -0.05) is 36.4 Å². The van der Waals surface area contributed by atoms with E-state index in [0.29, 0.717) is 18.4 Å². The molecule has 2 aromatic carbocycles. The van der Waals surface area contributed by atoms with Gasteiger partial charge in [0.05, 0.1) is 0 Å². The molecule has 2 rings (SSSR count). The first-order valence-electron chi connectivity index (χ1n) is 7.47. The van der Waals surface area contributed by atoms with Gasteiger partial charge in [0.25, 0.3) is 5.91 Å². The summed E-state index contributed by atoms with van der Waals surface area (Å²) in [5.41, 5.74) is 8.42. The van der Waals surface area contributed by atoms with Crippen molar-refractivity contribution in [3.63, 3.8) is 0 Å². The Kier molecular flexibility index (Phi) is 5.69. The number of hydrogen-bond donors (Lipinski definition) is 2. The van der Waals surface area contributed by atoms with Gasteiger partial charge in [-0.05, 0) is 42.2 Å². The lowest BCUT2D eigenvalue weighted by Crippen LogP contribution is -2.14. The van der Waals surface area contributed by atoms with Gasteiger partial charge < -0.3 is 11.1 Å². The Bertz CT molecular complexity index is 723. The average molecular weight is 308 g/mol. The first kappa shape index (κ1) is 16.5. The van der Waals surface area contributed by atoms with E-state index in [1.807, 2.05) is 30.3 Å². The van der Waals surface area contributed by atoms with Crippen LogP contribution in [0.3, 0.4) is 0 Å². The molecule has 0 radical (unpaired) electrons. The first-order chi connectivity index (χ1) is 11.1. The first-order valence-corrected chi connectivity index (χ1v) is 7.47. The van der Waals surface area contributed by atoms with Crippen molar-refractivity contribution in [3.8, 4) is 0 Å². The summed E-state index contributed by atoms with van der Waals surface area (Å²) < 4.78 is 0. The van der Waals surface area contributed by atoms with E-state index >= 15 is 0 Å². The largest absolute Gasteiger partial charge is 0.370 e. The fourth-order valence-corrected chi connectivity index (χ4v) is 2.31. The van der Waals surface area contributed by atoms with Gasteiger partial charge in [-0.15, -0.1) is 6.58 Å². The SMILES string of the molecule is C=CCc1ccccc1NC(=O)c1cccc(CCC(N)=O)c1. The molecule has 23 heavy (non-hydrogen) atoms. The quantitative estimate of drug-likeness (QED) is 0.772. The zero-order valence-electron chi connectivity index (χ0n) is 12.9. The molecule has 0 fully saturated rings. The Morgan fingerprint density at radius 3 is 2.65 bits per heavy atom. The molecule has 3 N–H and O–H groups in total. The van der Waals surface area contributed by atoms with Crippen LogP contribution in [0.4, 0.5) is 5.69 Å². The van der Waals surface area contributed by atoms with Crippen molar-refractivity contribution < 1.29 is 9.59 Å². The van der Waals surface area contributed by atoms with Crippen molar-refractivity contribution in [1.82, 2.24) is 0 Å². The summed E-state index contributed by atoms with van der Waals surface area (Å²) in [5.74, 6) is -0.527. The van der Waals surface area contributed by atoms with Crippen LogP contribution in [0.2, 0.25) is 0 Å². The van der Waals surface area contributed by atoms with Crippen molar-refractivity contribution in [2.45, 2.75) is 19.3 Å². The van der Waals surface area contributed by atoms with Gasteiger partial charge in [0, 0.05) is 17.7 Å². The van der Waals surface area contributed by atoms with E-state index in [9.17, 15) is 9.59 Å². The molecule has 4 nitrogen and oxygen atoms in total. The second-order valence-electron chi connectivity index (χ2n) is 5.27. The van der Waals surface area contributed by atoms with Gasteiger partial charge in [0.1, 0.15) is 0 Å². The van der Waals surface area contributed by atoms with Crippen LogP contribution in [0.1, 0.15) is 27.9 Å². The van der Waals surface area contributed by atoms with Gasteiger partial charge in [0.15, 0.2) is 0 Å². The predicted octanol–water partition coefficient (Wildman–Crippen LogP) is 3.09. The Morgan fingerprint density at radius 2 is 1.91 bits per heavy atom. The van der Waals surface area contributed by atoms with E-state index < -0.39 is 0 Å². The minimum Gasteiger partial charge on any atom is -0.370 e. The van der Waals surface area contributed by atoms with E-state index in [4.69, 9.17) is 5.73 Å². The molecule has 0 atom stereocenters. The summed E-state index contributed by atoms with van der Waals surface area (Å²) in [7, 11) is 0. The second-order valence-corrected chi connectivity index (χ2v) is 5.27. The molecular weight excluding hydrogens is 288 g/mol. The number of aryl methyl sites for hydroxylation is 1. The van der Waals surface area contributed by atoms with Crippen LogP contribution in [0.5, 0.6) is 0 Å². The highest BCUT2D eigenvalue weighted by atomic mass is 16.2. The molecule has 0 aliphatic heterocycles. The Balaban J connectivity index is 2.13. The molecule has 2 aromatic rings. The van der Waals surface area contributed by atoms with E-state index in [1.54, 1.807) is 24.3 Å². The number of para-hydroxylation sites is 1. The highest BCUT2D eigenvalue weighted by Gasteiger charge is 2.09. The van der Waals surface area contributed by atoms with Crippen molar-refractivity contribution in [2.24, 2.45) is 5.73 Å². The number of rotatable bonds is 7. The molecule has 0 bridgehead atoms. The number of hydrogen-bond acceptors (Lipinski definition) is 2. The molecule has 0 aliphatic carbocycles. The number of carbonyl (C=O) groups excluding carboxylic acids is 2. The predicted molar refractivity (Wildman–Crippen MR) is 92.3 cm³/mol. The topological polar surface area (TPSA) is 72.2 Å². The Hall–Kier alpha value is -2.88. The van der Waals surface area contributed by atoms with E-state index in [1.165, 1.54) is 0 Å². The monoisotopic (exact) mass is 308 g/mol. The summed E-state index contributed by atoms with van der Waals surface area (Å²) in [6.45, 7) is 3.73. The zero-order valence-corrected chi connectivity index (χ0v) is 12.9. The molecule has 0 aliphatic rings. The minimum absolute atomic E-state index is 0.178. The fourth-order valence-electron chi connectivity index (χ4n) is 2.31. The maximum absolute atomic E-state index is 12.4. The molecule has 0 saturated carbocycles. The molecule has 0 unspecified atom stereocenters. The Labute approximate surface area is 136 Å². The van der Waals surface area contributed by atoms with Gasteiger partial charge in [-0.25, -0.2) is 0 Å². The van der Waals surface area contributed by atoms with Crippen molar-refractivity contribution in [3.05, 3.63) is 77.9 Å². The summed E-state index contributed by atoms with van der Waals surface area (Å²) >= 11 is 0. The number of nitrogens with two attached hydrogens (primary N) is 1. The molecule has 4 heteroatoms. The smallest absolute Gasteiger partial charge is 0.255 e. The van der Waals surface area contributed by atoms with Crippen LogP contribution < -0.4 is 11.1 Å². The fraction of sp³-hybridized carbons (Fsp3) is 0.158. The number of nitrogens with one attached hydrogen (secondary N) is 1. The van der Waals surface area contributed by atoms with Crippen LogP contribution in [0.15, 0.2) is 61.2 Å².